The number of carbonyl (C=O) groups is 1. The van der Waals surface area contributed by atoms with E-state index in [1.54, 1.807) is 35.5 Å². The number of rotatable bonds is 5. The summed E-state index contributed by atoms with van der Waals surface area (Å²) < 4.78 is 13.3. The van der Waals surface area contributed by atoms with E-state index >= 15 is 0 Å². The van der Waals surface area contributed by atoms with Crippen LogP contribution in [-0.2, 0) is 6.54 Å². The Morgan fingerprint density at radius 1 is 1.10 bits per heavy atom. The van der Waals surface area contributed by atoms with E-state index in [1.165, 1.54) is 18.6 Å². The molecule has 0 radical (unpaired) electrons. The van der Waals surface area contributed by atoms with Crippen molar-refractivity contribution in [1.29, 1.82) is 0 Å². The normalized spacial score (nSPS) is 13.3. The van der Waals surface area contributed by atoms with E-state index in [2.05, 4.69) is 19.9 Å². The van der Waals surface area contributed by atoms with Gasteiger partial charge in [-0.2, -0.15) is 0 Å². The Balaban J connectivity index is 1.49. The van der Waals surface area contributed by atoms with E-state index in [-0.39, 0.29) is 11.7 Å². The van der Waals surface area contributed by atoms with Gasteiger partial charge in [0.2, 0.25) is 0 Å². The Hall–Kier alpha value is -3.74. The molecule has 6 nitrogen and oxygen atoms in total. The number of benzene rings is 1. The third-order valence-corrected chi connectivity index (χ3v) is 5.35. The van der Waals surface area contributed by atoms with E-state index in [1.807, 2.05) is 24.3 Å². The molecule has 1 saturated heterocycles. The average molecular weight is 401 g/mol. The molecular weight excluding hydrogens is 381 g/mol. The summed E-state index contributed by atoms with van der Waals surface area (Å²) in [6.07, 6.45) is 4.57. The van der Waals surface area contributed by atoms with Crippen molar-refractivity contribution in [2.24, 2.45) is 0 Å². The molecule has 30 heavy (non-hydrogen) atoms. The van der Waals surface area contributed by atoms with Crippen LogP contribution >= 0.6 is 0 Å². The van der Waals surface area contributed by atoms with Gasteiger partial charge in [0.05, 0.1) is 18.4 Å². The molecule has 4 heterocycles. The van der Waals surface area contributed by atoms with Crippen LogP contribution in [0.5, 0.6) is 0 Å². The average Bonchev–Trinajstić information content (AvgIpc) is 3.17. The second kappa shape index (κ2) is 7.59. The van der Waals surface area contributed by atoms with Gasteiger partial charge in [0.15, 0.2) is 0 Å². The Kier molecular flexibility index (Phi) is 4.63. The van der Waals surface area contributed by atoms with Gasteiger partial charge in [-0.3, -0.25) is 4.79 Å². The standard InChI is InChI=1S/C23H20FN5O/c24-18-6-4-16(5-7-18)15-29(19-8-9-21(26-14-19)28-11-2-12-28)23(30)20-13-17-3-1-10-25-22(17)27-20/h1,3-10,13-14H,2,11-12,15H2,(H,25,27). The molecule has 1 aromatic carbocycles. The summed E-state index contributed by atoms with van der Waals surface area (Å²) in [5.74, 6) is 0.406. The lowest BCUT2D eigenvalue weighted by Gasteiger charge is -2.32. The van der Waals surface area contributed by atoms with Crippen LogP contribution in [0, 0.1) is 5.82 Å². The molecule has 1 N–H and O–H groups in total. The summed E-state index contributed by atoms with van der Waals surface area (Å²) in [5.41, 5.74) is 2.61. The molecule has 5 rings (SSSR count). The molecule has 1 amide bonds. The fourth-order valence-corrected chi connectivity index (χ4v) is 3.54. The van der Waals surface area contributed by atoms with E-state index in [0.717, 1.165) is 29.9 Å². The van der Waals surface area contributed by atoms with Gasteiger partial charge in [0.25, 0.3) is 5.91 Å². The smallest absolute Gasteiger partial charge is 0.275 e. The number of H-pyrrole nitrogens is 1. The number of carbonyl (C=O) groups excluding carboxylic acids is 1. The van der Waals surface area contributed by atoms with Crippen LogP contribution < -0.4 is 9.80 Å². The zero-order chi connectivity index (χ0) is 20.5. The van der Waals surface area contributed by atoms with Crippen LogP contribution in [0.3, 0.4) is 0 Å². The highest BCUT2D eigenvalue weighted by molar-refractivity contribution is 6.07. The number of hydrogen-bond donors (Lipinski definition) is 1. The molecule has 0 aliphatic carbocycles. The summed E-state index contributed by atoms with van der Waals surface area (Å²) in [6, 6.07) is 15.5. The summed E-state index contributed by atoms with van der Waals surface area (Å²) in [5, 5.41) is 0.869. The van der Waals surface area contributed by atoms with Gasteiger partial charge in [-0.05, 0) is 54.4 Å². The Morgan fingerprint density at radius 3 is 2.60 bits per heavy atom. The fraction of sp³-hybridized carbons (Fsp3) is 0.174. The van der Waals surface area contributed by atoms with Crippen LogP contribution in [0.15, 0.2) is 67.0 Å². The zero-order valence-corrected chi connectivity index (χ0v) is 16.3. The highest BCUT2D eigenvalue weighted by atomic mass is 19.1. The molecule has 0 atom stereocenters. The maximum Gasteiger partial charge on any atom is 0.275 e. The monoisotopic (exact) mass is 401 g/mol. The molecule has 0 saturated carbocycles. The molecule has 0 unspecified atom stereocenters. The number of hydrogen-bond acceptors (Lipinski definition) is 4. The van der Waals surface area contributed by atoms with Crippen molar-refractivity contribution in [2.75, 3.05) is 22.9 Å². The fourth-order valence-electron chi connectivity index (χ4n) is 3.54. The summed E-state index contributed by atoms with van der Waals surface area (Å²) in [4.78, 5) is 29.2. The number of anilines is 2. The van der Waals surface area contributed by atoms with Crippen molar-refractivity contribution in [3.63, 3.8) is 0 Å². The molecule has 1 aliphatic rings. The summed E-state index contributed by atoms with van der Waals surface area (Å²) in [7, 11) is 0. The third-order valence-electron chi connectivity index (χ3n) is 5.35. The van der Waals surface area contributed by atoms with Crippen molar-refractivity contribution < 1.29 is 9.18 Å². The predicted octanol–water partition coefficient (Wildman–Crippen LogP) is 4.15. The Morgan fingerprint density at radius 2 is 1.93 bits per heavy atom. The van der Waals surface area contributed by atoms with Gasteiger partial charge >= 0.3 is 0 Å². The first-order valence-electron chi connectivity index (χ1n) is 9.88. The first-order chi connectivity index (χ1) is 14.7. The van der Waals surface area contributed by atoms with Crippen molar-refractivity contribution in [2.45, 2.75) is 13.0 Å². The highest BCUT2D eigenvalue weighted by Crippen LogP contribution is 2.25. The molecule has 1 aliphatic heterocycles. The van der Waals surface area contributed by atoms with E-state index in [9.17, 15) is 9.18 Å². The van der Waals surface area contributed by atoms with E-state index < -0.39 is 0 Å². The van der Waals surface area contributed by atoms with E-state index in [4.69, 9.17) is 0 Å². The molecule has 4 aromatic rings. The molecule has 150 valence electrons. The van der Waals surface area contributed by atoms with Crippen molar-refractivity contribution >= 4 is 28.4 Å². The number of aromatic nitrogens is 3. The lowest BCUT2D eigenvalue weighted by atomic mass is 10.1. The molecule has 1 fully saturated rings. The maximum atomic E-state index is 13.4. The second-order valence-electron chi connectivity index (χ2n) is 7.36. The minimum absolute atomic E-state index is 0.198. The predicted molar refractivity (Wildman–Crippen MR) is 114 cm³/mol. The molecule has 3 aromatic heterocycles. The highest BCUT2D eigenvalue weighted by Gasteiger charge is 2.22. The van der Waals surface area contributed by atoms with E-state index in [0.29, 0.717) is 23.6 Å². The number of nitrogens with zero attached hydrogens (tertiary/aromatic N) is 4. The first-order valence-corrected chi connectivity index (χ1v) is 9.88. The number of pyridine rings is 2. The van der Waals surface area contributed by atoms with Crippen LogP contribution in [-0.4, -0.2) is 33.9 Å². The number of amides is 1. The number of fused-ring (bicyclic) bond motifs is 1. The van der Waals surface area contributed by atoms with Crippen molar-refractivity contribution in [1.82, 2.24) is 15.0 Å². The minimum atomic E-state index is -0.307. The van der Waals surface area contributed by atoms with Gasteiger partial charge < -0.3 is 14.8 Å². The third kappa shape index (κ3) is 3.50. The molecular formula is C23H20FN5O. The quantitative estimate of drug-likeness (QED) is 0.546. The van der Waals surface area contributed by atoms with Gasteiger partial charge in [-0.25, -0.2) is 14.4 Å². The largest absolute Gasteiger partial charge is 0.356 e. The van der Waals surface area contributed by atoms with Crippen LogP contribution in [0.1, 0.15) is 22.5 Å². The van der Waals surface area contributed by atoms with Crippen LogP contribution in [0.2, 0.25) is 0 Å². The second-order valence-corrected chi connectivity index (χ2v) is 7.36. The minimum Gasteiger partial charge on any atom is -0.356 e. The zero-order valence-electron chi connectivity index (χ0n) is 16.3. The molecule has 0 bridgehead atoms. The lowest BCUT2D eigenvalue weighted by Crippen LogP contribution is -2.37. The maximum absolute atomic E-state index is 13.4. The van der Waals surface area contributed by atoms with Crippen LogP contribution in [0.4, 0.5) is 15.9 Å². The molecule has 0 spiro atoms. The van der Waals surface area contributed by atoms with Gasteiger partial charge in [-0.15, -0.1) is 0 Å². The SMILES string of the molecule is O=C(c1cc2cccnc2[nH]1)N(Cc1ccc(F)cc1)c1ccc(N2CCC2)nc1. The topological polar surface area (TPSA) is 65.1 Å². The summed E-state index contributed by atoms with van der Waals surface area (Å²) in [6.45, 7) is 2.31. The summed E-state index contributed by atoms with van der Waals surface area (Å²) >= 11 is 0. The van der Waals surface area contributed by atoms with Gasteiger partial charge in [0.1, 0.15) is 23.0 Å². The number of halogens is 1. The van der Waals surface area contributed by atoms with Crippen molar-refractivity contribution in [3.05, 3.63) is 84.1 Å². The Bertz CT molecular complexity index is 1150. The first kappa shape index (κ1) is 18.3. The van der Waals surface area contributed by atoms with Crippen molar-refractivity contribution in [3.8, 4) is 0 Å². The Labute approximate surface area is 173 Å². The van der Waals surface area contributed by atoms with Gasteiger partial charge in [-0.1, -0.05) is 12.1 Å². The lowest BCUT2D eigenvalue weighted by molar-refractivity contribution is 0.0981. The van der Waals surface area contributed by atoms with Gasteiger partial charge in [0, 0.05) is 24.7 Å². The van der Waals surface area contributed by atoms with Crippen LogP contribution in [0.25, 0.3) is 11.0 Å². The number of nitrogens with one attached hydrogen (secondary N) is 1. The molecule has 7 heteroatoms. The number of aromatic amines is 1.